The van der Waals surface area contributed by atoms with Crippen LogP contribution in [0.25, 0.3) is 22.3 Å². The molecule has 0 bridgehead atoms. The van der Waals surface area contributed by atoms with Gasteiger partial charge in [0.25, 0.3) is 6.71 Å². The van der Waals surface area contributed by atoms with Gasteiger partial charge in [-0.25, -0.2) is 8.78 Å². The smallest absolute Gasteiger partial charge is 0.252 e. The van der Waals surface area contributed by atoms with Gasteiger partial charge in [0.05, 0.1) is 5.54 Å². The normalized spacial score (nSPS) is 29.6. The van der Waals surface area contributed by atoms with Crippen molar-refractivity contribution in [3.63, 3.8) is 0 Å². The molecule has 242 valence electrons. The highest BCUT2D eigenvalue weighted by Gasteiger charge is 2.70. The summed E-state index contributed by atoms with van der Waals surface area (Å²) in [5, 5.41) is 0. The first-order chi connectivity index (χ1) is 23.8. The number of hydrogen-bond donors (Lipinski definition) is 0. The van der Waals surface area contributed by atoms with Gasteiger partial charge in [0.15, 0.2) is 5.67 Å². The van der Waals surface area contributed by atoms with E-state index in [1.165, 1.54) is 46.4 Å². The van der Waals surface area contributed by atoms with Crippen LogP contribution in [0.1, 0.15) is 76.3 Å². The maximum atomic E-state index is 18.2. The lowest BCUT2D eigenvalue weighted by atomic mass is 9.33. The molecule has 5 heteroatoms. The molecule has 0 aromatic heterocycles. The van der Waals surface area contributed by atoms with Gasteiger partial charge in [-0.05, 0) is 95.4 Å². The van der Waals surface area contributed by atoms with Crippen LogP contribution >= 0.6 is 0 Å². The van der Waals surface area contributed by atoms with Gasteiger partial charge < -0.3 is 9.80 Å². The van der Waals surface area contributed by atoms with Gasteiger partial charge in [0.2, 0.25) is 5.79 Å². The number of hydrogen-bond acceptors (Lipinski definition) is 2. The summed E-state index contributed by atoms with van der Waals surface area (Å²) in [5.41, 5.74) is 11.6. The standard InChI is InChI=1S/C44H39BF2N2/c1-41-24-9-10-25-42(41,2)48-34-18-13-19-35-38(34)45(32-22-20-30(36(41)39(32)48)28-14-5-3-6-15-28)33-23-21-31(29-16-7-4-8-17-29)37-40(33)49(35)44(47)27-12-11-26-43(37,44)46/h3-8,13-23H,9-12,24-27H2,1-2H3. The van der Waals surface area contributed by atoms with Crippen LogP contribution in [0.2, 0.25) is 0 Å². The van der Waals surface area contributed by atoms with Crippen molar-refractivity contribution in [2.24, 2.45) is 0 Å². The Morgan fingerprint density at radius 2 is 1.10 bits per heavy atom. The van der Waals surface area contributed by atoms with Crippen molar-refractivity contribution >= 4 is 45.9 Å². The number of rotatable bonds is 2. The highest BCUT2D eigenvalue weighted by molar-refractivity contribution is 7.00. The Labute approximate surface area is 287 Å². The average molecular weight is 645 g/mol. The number of anilines is 4. The summed E-state index contributed by atoms with van der Waals surface area (Å²) in [6, 6.07) is 36.4. The fourth-order valence-electron chi connectivity index (χ4n) is 11.6. The maximum absolute atomic E-state index is 18.2. The van der Waals surface area contributed by atoms with E-state index < -0.39 is 11.5 Å². The second-order valence-corrected chi connectivity index (χ2v) is 16.0. The monoisotopic (exact) mass is 644 g/mol. The Morgan fingerprint density at radius 1 is 0.551 bits per heavy atom. The quantitative estimate of drug-likeness (QED) is 0.140. The van der Waals surface area contributed by atoms with Crippen molar-refractivity contribution in [3.8, 4) is 22.3 Å². The van der Waals surface area contributed by atoms with E-state index in [-0.39, 0.29) is 30.5 Å². The van der Waals surface area contributed by atoms with E-state index >= 15 is 8.78 Å². The number of fused-ring (bicyclic) bond motifs is 10. The zero-order valence-electron chi connectivity index (χ0n) is 28.2. The van der Waals surface area contributed by atoms with Gasteiger partial charge in [-0.1, -0.05) is 111 Å². The Bertz CT molecular complexity index is 2080. The van der Waals surface area contributed by atoms with Crippen molar-refractivity contribution in [3.05, 3.63) is 114 Å². The molecule has 4 heterocycles. The molecule has 0 N–H and O–H groups in total. The molecule has 5 aromatic carbocycles. The van der Waals surface area contributed by atoms with Crippen LogP contribution in [0.15, 0.2) is 103 Å². The largest absolute Gasteiger partial charge is 0.335 e. The molecule has 0 radical (unpaired) electrons. The summed E-state index contributed by atoms with van der Waals surface area (Å²) in [6.45, 7) is 4.87. The third-order valence-corrected chi connectivity index (χ3v) is 13.9. The molecule has 0 saturated heterocycles. The van der Waals surface area contributed by atoms with Crippen molar-refractivity contribution in [1.29, 1.82) is 0 Å². The zero-order chi connectivity index (χ0) is 32.9. The molecule has 4 aliphatic heterocycles. The first-order valence-corrected chi connectivity index (χ1v) is 18.4. The van der Waals surface area contributed by atoms with Gasteiger partial charge in [0, 0.05) is 40.1 Å². The minimum absolute atomic E-state index is 0.0708. The topological polar surface area (TPSA) is 6.48 Å². The molecule has 4 unspecified atom stereocenters. The first kappa shape index (κ1) is 28.5. The highest BCUT2D eigenvalue weighted by atomic mass is 19.2. The fourth-order valence-corrected chi connectivity index (χ4v) is 11.6. The van der Waals surface area contributed by atoms with E-state index in [9.17, 15) is 0 Å². The molecule has 0 spiro atoms. The molecule has 5 aromatic rings. The molecule has 0 amide bonds. The fraction of sp³-hybridized carbons (Fsp3) is 0.318. The number of alkyl halides is 2. The van der Waals surface area contributed by atoms with E-state index in [1.807, 2.05) is 35.2 Å². The molecular weight excluding hydrogens is 605 g/mol. The van der Waals surface area contributed by atoms with Gasteiger partial charge in [0.1, 0.15) is 0 Å². The third kappa shape index (κ3) is 3.12. The van der Waals surface area contributed by atoms with Crippen LogP contribution in [-0.2, 0) is 11.1 Å². The Kier molecular flexibility index (Phi) is 5.37. The van der Waals surface area contributed by atoms with Crippen LogP contribution in [0.4, 0.5) is 31.5 Å². The molecule has 49 heavy (non-hydrogen) atoms. The number of halogens is 2. The van der Waals surface area contributed by atoms with Crippen molar-refractivity contribution in [2.75, 3.05) is 9.80 Å². The molecule has 4 atom stereocenters. The predicted octanol–water partition coefficient (Wildman–Crippen LogP) is 9.46. The number of nitrogens with zero attached hydrogens (tertiary/aromatic N) is 2. The first-order valence-electron chi connectivity index (χ1n) is 18.4. The SMILES string of the molecule is CC12CCCCC1(C)N1c3cccc4c3B(c3ccc(-c5ccccc5)c2c31)c1ccc(-c2ccccc2)c2c1N4C1(F)CCCCC21F. The van der Waals surface area contributed by atoms with E-state index in [1.54, 1.807) is 0 Å². The van der Waals surface area contributed by atoms with Crippen molar-refractivity contribution in [2.45, 2.75) is 87.6 Å². The summed E-state index contributed by atoms with van der Waals surface area (Å²) in [5.74, 6) is -2.15. The maximum Gasteiger partial charge on any atom is 0.252 e. The second-order valence-electron chi connectivity index (χ2n) is 16.0. The molecule has 2 fully saturated rings. The van der Waals surface area contributed by atoms with Gasteiger partial charge in [-0.15, -0.1) is 0 Å². The van der Waals surface area contributed by atoms with Crippen molar-refractivity contribution in [1.82, 2.24) is 0 Å². The van der Waals surface area contributed by atoms with Crippen LogP contribution in [-0.4, -0.2) is 18.0 Å². The van der Waals surface area contributed by atoms with E-state index in [4.69, 9.17) is 0 Å². The second kappa shape index (κ2) is 9.24. The molecule has 11 rings (SSSR count). The molecular formula is C44H39BF2N2. The molecule has 2 saturated carbocycles. The summed E-state index contributed by atoms with van der Waals surface area (Å²) in [6.07, 6.45) is 6.35. The van der Waals surface area contributed by atoms with E-state index in [2.05, 4.69) is 91.5 Å². The van der Waals surface area contributed by atoms with Gasteiger partial charge in [-0.3, -0.25) is 0 Å². The minimum Gasteiger partial charge on any atom is -0.335 e. The predicted molar refractivity (Wildman–Crippen MR) is 198 cm³/mol. The van der Waals surface area contributed by atoms with E-state index in [0.29, 0.717) is 18.4 Å². The summed E-state index contributed by atoms with van der Waals surface area (Å²) in [7, 11) is 0. The van der Waals surface area contributed by atoms with Crippen LogP contribution < -0.4 is 26.2 Å². The van der Waals surface area contributed by atoms with Crippen LogP contribution in [0, 0.1) is 0 Å². The average Bonchev–Trinajstić information content (AvgIpc) is 3.49. The van der Waals surface area contributed by atoms with E-state index in [0.717, 1.165) is 46.3 Å². The molecule has 2 aliphatic carbocycles. The van der Waals surface area contributed by atoms with Crippen molar-refractivity contribution < 1.29 is 8.78 Å². The highest BCUT2D eigenvalue weighted by Crippen LogP contribution is 2.67. The Balaban J connectivity index is 1.27. The summed E-state index contributed by atoms with van der Waals surface area (Å²) < 4.78 is 36.4. The lowest BCUT2D eigenvalue weighted by molar-refractivity contribution is -0.0612. The summed E-state index contributed by atoms with van der Waals surface area (Å²) >= 11 is 0. The summed E-state index contributed by atoms with van der Waals surface area (Å²) in [4.78, 5) is 4.52. The molecule has 6 aliphatic rings. The minimum atomic E-state index is -2.15. The Morgan fingerprint density at radius 3 is 1.78 bits per heavy atom. The Hall–Kier alpha value is -4.38. The van der Waals surface area contributed by atoms with Crippen LogP contribution in [0.5, 0.6) is 0 Å². The lowest BCUT2D eigenvalue weighted by Gasteiger charge is -2.53. The number of benzene rings is 5. The van der Waals surface area contributed by atoms with Crippen LogP contribution in [0.3, 0.4) is 0 Å². The third-order valence-electron chi connectivity index (χ3n) is 13.9. The van der Waals surface area contributed by atoms with Gasteiger partial charge >= 0.3 is 0 Å². The lowest BCUT2D eigenvalue weighted by Crippen LogP contribution is -2.66. The zero-order valence-corrected chi connectivity index (χ0v) is 28.2. The molecule has 2 nitrogen and oxygen atoms in total. The van der Waals surface area contributed by atoms with Gasteiger partial charge in [-0.2, -0.15) is 0 Å².